The van der Waals surface area contributed by atoms with Crippen LogP contribution in [0, 0.1) is 5.92 Å². The summed E-state index contributed by atoms with van der Waals surface area (Å²) in [6.45, 7) is 4.48. The van der Waals surface area contributed by atoms with Crippen molar-refractivity contribution >= 4 is 22.8 Å². The van der Waals surface area contributed by atoms with E-state index in [0.29, 0.717) is 11.9 Å². The van der Waals surface area contributed by atoms with E-state index in [1.165, 1.54) is 24.9 Å². The lowest BCUT2D eigenvalue weighted by atomic mass is 10.1. The standard InChI is InChI=1S/C15H23ClN4/c1-4-12-14-15(19(3)18-12)20(13(17-14)7-8-16)11-6-5-10(2)9-11/h10-11H,4-9H2,1-3H3. The molecular weight excluding hydrogens is 272 g/mol. The van der Waals surface area contributed by atoms with Gasteiger partial charge in [-0.2, -0.15) is 5.10 Å². The van der Waals surface area contributed by atoms with E-state index in [2.05, 4.69) is 23.5 Å². The lowest BCUT2D eigenvalue weighted by molar-refractivity contribution is 0.481. The summed E-state index contributed by atoms with van der Waals surface area (Å²) in [6, 6.07) is 0.563. The Hall–Kier alpha value is -1.03. The minimum Gasteiger partial charge on any atom is -0.310 e. The van der Waals surface area contributed by atoms with Gasteiger partial charge in [-0.1, -0.05) is 13.8 Å². The van der Waals surface area contributed by atoms with Gasteiger partial charge < -0.3 is 4.57 Å². The second kappa shape index (κ2) is 5.40. The zero-order valence-electron chi connectivity index (χ0n) is 12.6. The van der Waals surface area contributed by atoms with Gasteiger partial charge in [0.1, 0.15) is 11.3 Å². The van der Waals surface area contributed by atoms with Gasteiger partial charge in [-0.05, 0) is 31.6 Å². The summed E-state index contributed by atoms with van der Waals surface area (Å²) in [6.07, 6.45) is 5.56. The lowest BCUT2D eigenvalue weighted by Crippen LogP contribution is -2.13. The first-order valence-electron chi connectivity index (χ1n) is 7.64. The van der Waals surface area contributed by atoms with Crippen molar-refractivity contribution in [2.75, 3.05) is 5.88 Å². The number of aromatic nitrogens is 4. The molecule has 110 valence electrons. The highest BCUT2D eigenvalue weighted by Gasteiger charge is 2.28. The van der Waals surface area contributed by atoms with Crippen LogP contribution in [0.4, 0.5) is 0 Å². The number of rotatable bonds is 4. The Morgan fingerprint density at radius 1 is 1.35 bits per heavy atom. The van der Waals surface area contributed by atoms with Crippen molar-refractivity contribution in [3.05, 3.63) is 11.5 Å². The number of aryl methyl sites for hydroxylation is 3. The molecule has 5 heteroatoms. The summed E-state index contributed by atoms with van der Waals surface area (Å²) in [7, 11) is 2.03. The molecule has 1 saturated carbocycles. The van der Waals surface area contributed by atoms with Crippen molar-refractivity contribution < 1.29 is 0 Å². The van der Waals surface area contributed by atoms with E-state index in [1.54, 1.807) is 0 Å². The zero-order chi connectivity index (χ0) is 14.3. The normalized spacial score (nSPS) is 23.0. The Morgan fingerprint density at radius 3 is 2.75 bits per heavy atom. The number of alkyl halides is 1. The van der Waals surface area contributed by atoms with Crippen LogP contribution in [-0.4, -0.2) is 25.2 Å². The Kier molecular flexibility index (Phi) is 3.76. The third-order valence-electron chi connectivity index (χ3n) is 4.49. The average molecular weight is 295 g/mol. The van der Waals surface area contributed by atoms with Crippen LogP contribution < -0.4 is 0 Å². The van der Waals surface area contributed by atoms with E-state index in [1.807, 2.05) is 11.7 Å². The zero-order valence-corrected chi connectivity index (χ0v) is 13.3. The van der Waals surface area contributed by atoms with E-state index in [0.717, 1.165) is 35.8 Å². The highest BCUT2D eigenvalue weighted by atomic mass is 35.5. The maximum Gasteiger partial charge on any atom is 0.158 e. The molecule has 0 amide bonds. The summed E-state index contributed by atoms with van der Waals surface area (Å²) in [5.74, 6) is 2.57. The Morgan fingerprint density at radius 2 is 2.15 bits per heavy atom. The van der Waals surface area contributed by atoms with E-state index in [4.69, 9.17) is 16.6 Å². The fraction of sp³-hybridized carbons (Fsp3) is 0.733. The highest BCUT2D eigenvalue weighted by Crippen LogP contribution is 2.37. The molecule has 0 spiro atoms. The molecule has 3 rings (SSSR count). The molecular formula is C15H23ClN4. The average Bonchev–Trinajstić information content (AvgIpc) is 3.06. The minimum atomic E-state index is 0.563. The first kappa shape index (κ1) is 13.9. The van der Waals surface area contributed by atoms with E-state index < -0.39 is 0 Å². The Bertz CT molecular complexity index is 613. The van der Waals surface area contributed by atoms with Crippen LogP contribution in [0.3, 0.4) is 0 Å². The van der Waals surface area contributed by atoms with Crippen molar-refractivity contribution in [2.45, 2.75) is 52.0 Å². The monoisotopic (exact) mass is 294 g/mol. The summed E-state index contributed by atoms with van der Waals surface area (Å²) in [5.41, 5.74) is 3.36. The first-order chi connectivity index (χ1) is 9.65. The molecule has 2 aromatic heterocycles. The van der Waals surface area contributed by atoms with Gasteiger partial charge in [0.15, 0.2) is 5.65 Å². The predicted octanol–water partition coefficient (Wildman–Crippen LogP) is 3.47. The molecule has 20 heavy (non-hydrogen) atoms. The van der Waals surface area contributed by atoms with Gasteiger partial charge in [0.25, 0.3) is 0 Å². The molecule has 1 aliphatic carbocycles. The van der Waals surface area contributed by atoms with E-state index in [-0.39, 0.29) is 0 Å². The molecule has 4 nitrogen and oxygen atoms in total. The van der Waals surface area contributed by atoms with Crippen molar-refractivity contribution in [3.63, 3.8) is 0 Å². The SMILES string of the molecule is CCc1nn(C)c2c1nc(CCCl)n2C1CCC(C)C1. The van der Waals surface area contributed by atoms with Crippen LogP contribution in [0.15, 0.2) is 0 Å². The smallest absolute Gasteiger partial charge is 0.158 e. The summed E-state index contributed by atoms with van der Waals surface area (Å²) in [4.78, 5) is 4.86. The van der Waals surface area contributed by atoms with Gasteiger partial charge in [0.05, 0.1) is 5.69 Å². The van der Waals surface area contributed by atoms with E-state index >= 15 is 0 Å². The van der Waals surface area contributed by atoms with Gasteiger partial charge >= 0.3 is 0 Å². The lowest BCUT2D eigenvalue weighted by Gasteiger charge is -2.16. The molecule has 0 N–H and O–H groups in total. The fourth-order valence-corrected chi connectivity index (χ4v) is 3.71. The molecule has 0 aliphatic heterocycles. The third-order valence-corrected chi connectivity index (χ3v) is 4.68. The Labute approximate surface area is 125 Å². The summed E-state index contributed by atoms with van der Waals surface area (Å²) >= 11 is 5.98. The minimum absolute atomic E-state index is 0.563. The van der Waals surface area contributed by atoms with Crippen molar-refractivity contribution in [1.29, 1.82) is 0 Å². The number of nitrogens with zero attached hydrogens (tertiary/aromatic N) is 4. The quantitative estimate of drug-likeness (QED) is 0.809. The second-order valence-corrected chi connectivity index (χ2v) is 6.38. The van der Waals surface area contributed by atoms with Crippen LogP contribution in [0.1, 0.15) is 50.7 Å². The molecule has 2 aromatic rings. The van der Waals surface area contributed by atoms with Gasteiger partial charge in [-0.3, -0.25) is 4.68 Å². The molecule has 1 fully saturated rings. The molecule has 2 unspecified atom stereocenters. The van der Waals surface area contributed by atoms with Crippen LogP contribution in [0.25, 0.3) is 11.2 Å². The highest BCUT2D eigenvalue weighted by molar-refractivity contribution is 6.17. The van der Waals surface area contributed by atoms with Crippen LogP contribution >= 0.6 is 11.6 Å². The topological polar surface area (TPSA) is 35.6 Å². The number of imidazole rings is 1. The maximum absolute atomic E-state index is 5.98. The van der Waals surface area contributed by atoms with Gasteiger partial charge in [0.2, 0.25) is 0 Å². The second-order valence-electron chi connectivity index (χ2n) is 6.01. The van der Waals surface area contributed by atoms with E-state index in [9.17, 15) is 0 Å². The molecule has 1 aliphatic rings. The maximum atomic E-state index is 5.98. The number of hydrogen-bond donors (Lipinski definition) is 0. The number of halogens is 1. The molecule has 2 atom stereocenters. The van der Waals surface area contributed by atoms with Crippen LogP contribution in [0.2, 0.25) is 0 Å². The fourth-order valence-electron chi connectivity index (χ4n) is 3.54. The molecule has 0 saturated heterocycles. The van der Waals surface area contributed by atoms with Crippen molar-refractivity contribution in [3.8, 4) is 0 Å². The molecule has 2 heterocycles. The summed E-state index contributed by atoms with van der Waals surface area (Å²) in [5, 5.41) is 4.62. The third kappa shape index (κ3) is 2.14. The van der Waals surface area contributed by atoms with Gasteiger partial charge in [-0.25, -0.2) is 4.98 Å². The van der Waals surface area contributed by atoms with Crippen molar-refractivity contribution in [2.24, 2.45) is 13.0 Å². The van der Waals surface area contributed by atoms with Gasteiger partial charge in [-0.15, -0.1) is 11.6 Å². The predicted molar refractivity (Wildman–Crippen MR) is 82.4 cm³/mol. The van der Waals surface area contributed by atoms with Crippen molar-refractivity contribution in [1.82, 2.24) is 19.3 Å². The first-order valence-corrected chi connectivity index (χ1v) is 8.17. The molecule has 0 radical (unpaired) electrons. The summed E-state index contributed by atoms with van der Waals surface area (Å²) < 4.78 is 4.43. The number of fused-ring (bicyclic) bond motifs is 1. The molecule has 0 aromatic carbocycles. The number of hydrogen-bond acceptors (Lipinski definition) is 2. The van der Waals surface area contributed by atoms with Crippen LogP contribution in [-0.2, 0) is 19.9 Å². The largest absolute Gasteiger partial charge is 0.310 e. The molecule has 0 bridgehead atoms. The van der Waals surface area contributed by atoms with Gasteiger partial charge in [0, 0.05) is 25.4 Å². The van der Waals surface area contributed by atoms with Crippen LogP contribution in [0.5, 0.6) is 0 Å². The Balaban J connectivity index is 2.15.